The molecule has 0 aliphatic carbocycles. The number of hydrogen-bond donors (Lipinski definition) is 2. The second kappa shape index (κ2) is 6.55. The van der Waals surface area contributed by atoms with Crippen LogP contribution in [0.15, 0.2) is 30.3 Å². The summed E-state index contributed by atoms with van der Waals surface area (Å²) < 4.78 is 0. The molecule has 1 aromatic rings. The molecule has 18 heavy (non-hydrogen) atoms. The molecular weight excluding hydrogens is 224 g/mol. The predicted molar refractivity (Wildman–Crippen MR) is 75.3 cm³/mol. The van der Waals surface area contributed by atoms with Gasteiger partial charge in [-0.05, 0) is 31.7 Å². The minimum Gasteiger partial charge on any atom is -0.368 e. The molecule has 0 radical (unpaired) electrons. The molecule has 0 aliphatic heterocycles. The highest BCUT2D eigenvalue weighted by atomic mass is 16.1. The molecule has 1 amide bonds. The number of primary amides is 1. The zero-order valence-electron chi connectivity index (χ0n) is 11.6. The number of nitrogens with two attached hydrogens (primary N) is 1. The Morgan fingerprint density at radius 2 is 1.94 bits per heavy atom. The van der Waals surface area contributed by atoms with Crippen molar-refractivity contribution in [2.75, 3.05) is 0 Å². The Morgan fingerprint density at radius 3 is 2.39 bits per heavy atom. The number of carbonyl (C=O) groups is 1. The number of nitrogens with one attached hydrogen (secondary N) is 1. The van der Waals surface area contributed by atoms with Crippen molar-refractivity contribution in [2.24, 2.45) is 5.73 Å². The van der Waals surface area contributed by atoms with E-state index in [1.54, 1.807) is 0 Å². The summed E-state index contributed by atoms with van der Waals surface area (Å²) in [6.45, 7) is 6.18. The molecule has 0 spiro atoms. The van der Waals surface area contributed by atoms with Gasteiger partial charge in [0, 0.05) is 6.04 Å². The Balaban J connectivity index is 2.93. The summed E-state index contributed by atoms with van der Waals surface area (Å²) in [5.74, 6) is -0.269. The average molecular weight is 248 g/mol. The van der Waals surface area contributed by atoms with Crippen LogP contribution in [-0.2, 0) is 11.2 Å². The van der Waals surface area contributed by atoms with Gasteiger partial charge in [-0.15, -0.1) is 0 Å². The van der Waals surface area contributed by atoms with E-state index in [2.05, 4.69) is 19.2 Å². The minimum atomic E-state index is -0.642. The predicted octanol–water partition coefficient (Wildman–Crippen LogP) is 2.25. The largest absolute Gasteiger partial charge is 0.368 e. The Morgan fingerprint density at radius 1 is 1.33 bits per heavy atom. The second-order valence-corrected chi connectivity index (χ2v) is 4.92. The average Bonchev–Trinajstić information content (AvgIpc) is 2.38. The van der Waals surface area contributed by atoms with Crippen molar-refractivity contribution in [3.05, 3.63) is 35.9 Å². The fourth-order valence-electron chi connectivity index (χ4n) is 2.13. The number of rotatable bonds is 7. The second-order valence-electron chi connectivity index (χ2n) is 4.92. The summed E-state index contributed by atoms with van der Waals surface area (Å²) in [7, 11) is 0. The van der Waals surface area contributed by atoms with E-state index in [9.17, 15) is 4.79 Å². The Bertz CT molecular complexity index is 377. The van der Waals surface area contributed by atoms with Crippen molar-refractivity contribution < 1.29 is 4.79 Å². The fraction of sp³-hybridized carbons (Fsp3) is 0.533. The highest BCUT2D eigenvalue weighted by Crippen LogP contribution is 2.19. The molecule has 2 atom stereocenters. The van der Waals surface area contributed by atoms with E-state index in [1.807, 2.05) is 37.3 Å². The third kappa shape index (κ3) is 3.57. The molecule has 0 heterocycles. The van der Waals surface area contributed by atoms with Crippen LogP contribution in [0.2, 0.25) is 0 Å². The molecule has 3 heteroatoms. The van der Waals surface area contributed by atoms with E-state index in [0.29, 0.717) is 12.8 Å². The van der Waals surface area contributed by atoms with Crippen LogP contribution < -0.4 is 11.1 Å². The minimum absolute atomic E-state index is 0.269. The molecule has 0 saturated carbocycles. The van der Waals surface area contributed by atoms with Gasteiger partial charge in [-0.25, -0.2) is 0 Å². The molecule has 0 fully saturated rings. The van der Waals surface area contributed by atoms with Crippen molar-refractivity contribution in [1.82, 2.24) is 5.32 Å². The summed E-state index contributed by atoms with van der Waals surface area (Å²) >= 11 is 0. The summed E-state index contributed by atoms with van der Waals surface area (Å²) in [6.07, 6.45) is 2.31. The van der Waals surface area contributed by atoms with Gasteiger partial charge in [0.1, 0.15) is 5.54 Å². The standard InChI is InChI=1S/C15H24N2O/c1-4-12(3)17-15(5-2,14(16)18)11-13-9-7-6-8-10-13/h6-10,12,17H,4-5,11H2,1-3H3,(H2,16,18). The number of amides is 1. The first-order chi connectivity index (χ1) is 8.54. The lowest BCUT2D eigenvalue weighted by Crippen LogP contribution is -2.59. The lowest BCUT2D eigenvalue weighted by atomic mass is 9.86. The smallest absolute Gasteiger partial charge is 0.238 e. The molecule has 1 aromatic carbocycles. The normalized spacial score (nSPS) is 15.9. The van der Waals surface area contributed by atoms with Crippen LogP contribution in [0, 0.1) is 0 Å². The Labute approximate surface area is 110 Å². The van der Waals surface area contributed by atoms with Crippen LogP contribution in [-0.4, -0.2) is 17.5 Å². The van der Waals surface area contributed by atoms with Crippen LogP contribution in [0.5, 0.6) is 0 Å². The van der Waals surface area contributed by atoms with Gasteiger partial charge in [0.2, 0.25) is 5.91 Å². The third-order valence-electron chi connectivity index (χ3n) is 3.56. The van der Waals surface area contributed by atoms with E-state index in [1.165, 1.54) is 0 Å². The summed E-state index contributed by atoms with van der Waals surface area (Å²) in [4.78, 5) is 11.9. The van der Waals surface area contributed by atoms with E-state index in [-0.39, 0.29) is 11.9 Å². The Kier molecular flexibility index (Phi) is 5.35. The maximum absolute atomic E-state index is 11.9. The van der Waals surface area contributed by atoms with Gasteiger partial charge in [0.25, 0.3) is 0 Å². The van der Waals surface area contributed by atoms with Crippen LogP contribution >= 0.6 is 0 Å². The molecule has 2 unspecified atom stereocenters. The maximum atomic E-state index is 11.9. The summed E-state index contributed by atoms with van der Waals surface area (Å²) in [6, 6.07) is 10.3. The Hall–Kier alpha value is -1.35. The highest BCUT2D eigenvalue weighted by Gasteiger charge is 2.35. The van der Waals surface area contributed by atoms with E-state index in [4.69, 9.17) is 5.73 Å². The van der Waals surface area contributed by atoms with E-state index in [0.717, 1.165) is 12.0 Å². The molecular formula is C15H24N2O. The zero-order valence-corrected chi connectivity index (χ0v) is 11.6. The molecule has 3 nitrogen and oxygen atoms in total. The highest BCUT2D eigenvalue weighted by molar-refractivity contribution is 5.85. The fourth-order valence-corrected chi connectivity index (χ4v) is 2.13. The van der Waals surface area contributed by atoms with Crippen LogP contribution in [0.4, 0.5) is 0 Å². The van der Waals surface area contributed by atoms with Gasteiger partial charge < -0.3 is 11.1 Å². The van der Waals surface area contributed by atoms with Crippen molar-refractivity contribution in [3.8, 4) is 0 Å². The van der Waals surface area contributed by atoms with Crippen LogP contribution in [0.25, 0.3) is 0 Å². The van der Waals surface area contributed by atoms with Gasteiger partial charge in [-0.2, -0.15) is 0 Å². The monoisotopic (exact) mass is 248 g/mol. The van der Waals surface area contributed by atoms with Crippen LogP contribution in [0.3, 0.4) is 0 Å². The van der Waals surface area contributed by atoms with Crippen molar-refractivity contribution in [1.29, 1.82) is 0 Å². The van der Waals surface area contributed by atoms with Gasteiger partial charge in [0.05, 0.1) is 0 Å². The van der Waals surface area contributed by atoms with Gasteiger partial charge >= 0.3 is 0 Å². The number of carbonyl (C=O) groups excluding carboxylic acids is 1. The molecule has 0 aliphatic rings. The van der Waals surface area contributed by atoms with Crippen LogP contribution in [0.1, 0.15) is 39.2 Å². The lowest BCUT2D eigenvalue weighted by molar-refractivity contribution is -0.125. The first kappa shape index (κ1) is 14.7. The molecule has 1 rings (SSSR count). The zero-order chi connectivity index (χ0) is 13.6. The third-order valence-corrected chi connectivity index (χ3v) is 3.56. The van der Waals surface area contributed by atoms with Gasteiger partial charge in [-0.3, -0.25) is 4.79 Å². The molecule has 3 N–H and O–H groups in total. The molecule has 0 bridgehead atoms. The lowest BCUT2D eigenvalue weighted by Gasteiger charge is -2.33. The van der Waals surface area contributed by atoms with E-state index < -0.39 is 5.54 Å². The number of hydrogen-bond acceptors (Lipinski definition) is 2. The van der Waals surface area contributed by atoms with Gasteiger partial charge in [-0.1, -0.05) is 44.2 Å². The first-order valence-corrected chi connectivity index (χ1v) is 6.65. The SMILES string of the molecule is CCC(C)NC(CC)(Cc1ccccc1)C(N)=O. The summed E-state index contributed by atoms with van der Waals surface area (Å²) in [5, 5.41) is 3.40. The molecule has 100 valence electrons. The quantitative estimate of drug-likeness (QED) is 0.777. The summed E-state index contributed by atoms with van der Waals surface area (Å²) in [5.41, 5.74) is 6.12. The van der Waals surface area contributed by atoms with Crippen molar-refractivity contribution >= 4 is 5.91 Å². The van der Waals surface area contributed by atoms with Gasteiger partial charge in [0.15, 0.2) is 0 Å². The topological polar surface area (TPSA) is 55.1 Å². The maximum Gasteiger partial charge on any atom is 0.238 e. The molecule has 0 saturated heterocycles. The van der Waals surface area contributed by atoms with E-state index >= 15 is 0 Å². The number of benzene rings is 1. The molecule has 0 aromatic heterocycles. The first-order valence-electron chi connectivity index (χ1n) is 6.65. The van der Waals surface area contributed by atoms with Crippen molar-refractivity contribution in [3.63, 3.8) is 0 Å². The van der Waals surface area contributed by atoms with Crippen molar-refractivity contribution in [2.45, 2.75) is 51.6 Å².